The van der Waals surface area contributed by atoms with Crippen LogP contribution in [0.2, 0.25) is 0 Å². The van der Waals surface area contributed by atoms with Crippen molar-refractivity contribution in [3.8, 4) is 17.2 Å². The summed E-state index contributed by atoms with van der Waals surface area (Å²) < 4.78 is 64.7. The van der Waals surface area contributed by atoms with Crippen LogP contribution in [0.25, 0.3) is 6.08 Å². The molecule has 3 aromatic rings. The van der Waals surface area contributed by atoms with Crippen LogP contribution in [-0.2, 0) is 35.6 Å². The summed E-state index contributed by atoms with van der Waals surface area (Å²) in [5.74, 6) is -0.967. The van der Waals surface area contributed by atoms with E-state index in [1.807, 2.05) is 64.5 Å². The molecule has 1 spiro atoms. The molecule has 4 fully saturated rings. The standard InChI is InChI=1S/C49H55N3O9S/c1-27(2)12-11-21-47(9)22-20-33-40(58-47)32(18-13-28(3)4)41-36(42(33)60-62(55,56)31-16-14-29(5)15-17-31)38-37-39(52-25-24-50-45(52)51-38)34-26-35-46(7,8)61-48(43(34)53,49(35,37)59-41)23-19-30(6)44(54)57-10/h12-17,19-20,22,24-25,34-35,37,39H,11,18,21,23,26H2,1-10H3. The van der Waals surface area contributed by atoms with Crippen LogP contribution in [0.1, 0.15) is 109 Å². The molecule has 2 aromatic carbocycles. The molecule has 7 aliphatic rings. The van der Waals surface area contributed by atoms with E-state index in [9.17, 15) is 13.2 Å². The van der Waals surface area contributed by atoms with Gasteiger partial charge in [0.1, 0.15) is 22.0 Å². The normalized spacial score (nSPS) is 29.2. The Balaban J connectivity index is 1.37. The van der Waals surface area contributed by atoms with Crippen LogP contribution in [0.3, 0.4) is 0 Å². The number of imidazole rings is 1. The highest BCUT2D eigenvalue weighted by Gasteiger charge is 2.85. The molecule has 1 aromatic heterocycles. The molecule has 7 atom stereocenters. The number of aryl methyl sites for hydroxylation is 1. The Hall–Kier alpha value is -5.27. The molecule has 0 amide bonds. The van der Waals surface area contributed by atoms with Gasteiger partial charge in [-0.2, -0.15) is 8.42 Å². The minimum Gasteiger partial charge on any atom is -0.482 e. The van der Waals surface area contributed by atoms with E-state index in [0.29, 0.717) is 64.7 Å². The van der Waals surface area contributed by atoms with E-state index >= 15 is 4.79 Å². The molecular formula is C49H55N3O9S. The largest absolute Gasteiger partial charge is 0.482 e. The zero-order chi connectivity index (χ0) is 44.3. The third-order valence-electron chi connectivity index (χ3n) is 13.9. The minimum atomic E-state index is -4.45. The van der Waals surface area contributed by atoms with Gasteiger partial charge in [0.15, 0.2) is 22.7 Å². The summed E-state index contributed by atoms with van der Waals surface area (Å²) in [5, 5.41) is 0. The van der Waals surface area contributed by atoms with Gasteiger partial charge in [-0.05, 0) is 112 Å². The zero-order valence-corrected chi connectivity index (χ0v) is 37.9. The van der Waals surface area contributed by atoms with E-state index in [1.165, 1.54) is 24.8 Å². The summed E-state index contributed by atoms with van der Waals surface area (Å²) in [6.45, 7) is 17.7. The number of nitrogens with zero attached hydrogens (tertiary/aromatic N) is 3. The lowest BCUT2D eigenvalue weighted by Crippen LogP contribution is -2.79. The Labute approximate surface area is 363 Å². The van der Waals surface area contributed by atoms with Gasteiger partial charge in [0.2, 0.25) is 5.95 Å². The fraction of sp³-hybridized carbons (Fsp3) is 0.469. The number of carbonyl (C=O) groups excluding carboxylic acids is 2. The summed E-state index contributed by atoms with van der Waals surface area (Å²) >= 11 is 0. The van der Waals surface area contributed by atoms with Gasteiger partial charge in [-0.1, -0.05) is 47.1 Å². The van der Waals surface area contributed by atoms with Gasteiger partial charge in [-0.15, -0.1) is 0 Å². The molecule has 0 radical (unpaired) electrons. The maximum Gasteiger partial charge on any atom is 0.339 e. The molecule has 5 heterocycles. The van der Waals surface area contributed by atoms with Crippen molar-refractivity contribution >= 4 is 39.6 Å². The first-order valence-electron chi connectivity index (χ1n) is 21.5. The number of methoxy groups -OCH3 is 1. The summed E-state index contributed by atoms with van der Waals surface area (Å²) in [5.41, 5.74) is 0.877. The fourth-order valence-corrected chi connectivity index (χ4v) is 12.0. The van der Waals surface area contributed by atoms with Gasteiger partial charge < -0.3 is 27.7 Å². The van der Waals surface area contributed by atoms with Crippen molar-refractivity contribution in [2.45, 2.75) is 128 Å². The van der Waals surface area contributed by atoms with Crippen molar-refractivity contribution in [2.24, 2.45) is 22.7 Å². The van der Waals surface area contributed by atoms with E-state index < -0.39 is 56.4 Å². The zero-order valence-electron chi connectivity index (χ0n) is 37.1. The molecule has 7 unspecified atom stereocenters. The van der Waals surface area contributed by atoms with Crippen molar-refractivity contribution in [3.63, 3.8) is 0 Å². The first-order valence-corrected chi connectivity index (χ1v) is 22.9. The molecule has 3 saturated carbocycles. The second kappa shape index (κ2) is 14.4. The Bertz CT molecular complexity index is 2700. The molecular weight excluding hydrogens is 807 g/mol. The Morgan fingerprint density at radius 1 is 1.00 bits per heavy atom. The summed E-state index contributed by atoms with van der Waals surface area (Å²) in [6, 6.07) is 6.04. The lowest BCUT2D eigenvalue weighted by atomic mass is 9.44. The first kappa shape index (κ1) is 42.1. The van der Waals surface area contributed by atoms with Crippen molar-refractivity contribution in [1.82, 2.24) is 9.55 Å². The van der Waals surface area contributed by atoms with E-state index in [4.69, 9.17) is 28.1 Å². The number of carbonyl (C=O) groups is 2. The molecule has 10 rings (SSSR count). The predicted molar refractivity (Wildman–Crippen MR) is 235 cm³/mol. The van der Waals surface area contributed by atoms with E-state index in [2.05, 4.69) is 31.0 Å². The molecule has 1 saturated heterocycles. The maximum absolute atomic E-state index is 15.5. The quantitative estimate of drug-likeness (QED) is 0.0793. The fourth-order valence-electron chi connectivity index (χ4n) is 11.1. The second-order valence-electron chi connectivity index (χ2n) is 19.0. The van der Waals surface area contributed by atoms with Crippen molar-refractivity contribution in [1.29, 1.82) is 0 Å². The topological polar surface area (TPSA) is 145 Å². The number of rotatable bonds is 11. The molecule has 4 aliphatic heterocycles. The Morgan fingerprint density at radius 2 is 1.73 bits per heavy atom. The number of hydrogen-bond acceptors (Lipinski definition) is 11. The lowest BCUT2D eigenvalue weighted by Gasteiger charge is -2.64. The van der Waals surface area contributed by atoms with Crippen LogP contribution in [0.15, 0.2) is 87.6 Å². The van der Waals surface area contributed by atoms with Crippen molar-refractivity contribution in [2.75, 3.05) is 7.11 Å². The number of Topliss-reactive ketones (excluding diaryl/α,β-unsaturated/α-hetero) is 1. The number of fused-ring (bicyclic) bond motifs is 4. The van der Waals surface area contributed by atoms with Crippen molar-refractivity contribution in [3.05, 3.63) is 99.9 Å². The third-order valence-corrected chi connectivity index (χ3v) is 15.2. The number of hydrogen-bond donors (Lipinski definition) is 0. The SMILES string of the molecule is COC(=O)C(C)=CCC12OC(C)(C)C3CC(C1=O)C1C4C(=Nc5nccn51)c1c(OS(=O)(=O)c5ccc(C)cc5)c5c(c(CC=C(C)C)c1OC432)OC(C)(CCC=C(C)C)C=C5. The van der Waals surface area contributed by atoms with E-state index in [1.54, 1.807) is 31.3 Å². The highest BCUT2D eigenvalue weighted by atomic mass is 32.2. The third kappa shape index (κ3) is 6.12. The van der Waals surface area contributed by atoms with Crippen LogP contribution in [0, 0.1) is 24.7 Å². The smallest absolute Gasteiger partial charge is 0.339 e. The Morgan fingerprint density at radius 3 is 2.42 bits per heavy atom. The average molecular weight is 862 g/mol. The van der Waals surface area contributed by atoms with Crippen LogP contribution in [0.4, 0.5) is 5.95 Å². The minimum absolute atomic E-state index is 0.0130. The molecule has 326 valence electrons. The Kier molecular flexibility index (Phi) is 9.76. The number of aromatic nitrogens is 2. The van der Waals surface area contributed by atoms with Crippen LogP contribution >= 0.6 is 0 Å². The van der Waals surface area contributed by atoms with Gasteiger partial charge in [0, 0.05) is 41.8 Å². The number of aliphatic imine (C=N–C) groups is 1. The van der Waals surface area contributed by atoms with E-state index in [-0.39, 0.29) is 28.8 Å². The first-order chi connectivity index (χ1) is 29.3. The van der Waals surface area contributed by atoms with Crippen molar-refractivity contribution < 1.29 is 41.1 Å². The number of ketones is 1. The van der Waals surface area contributed by atoms with Gasteiger partial charge in [0.25, 0.3) is 0 Å². The number of esters is 1. The molecule has 62 heavy (non-hydrogen) atoms. The molecule has 13 heteroatoms. The summed E-state index contributed by atoms with van der Waals surface area (Å²) in [7, 11) is -3.13. The molecule has 4 bridgehead atoms. The second-order valence-corrected chi connectivity index (χ2v) is 20.6. The summed E-state index contributed by atoms with van der Waals surface area (Å²) in [4.78, 5) is 38.3. The molecule has 12 nitrogen and oxygen atoms in total. The van der Waals surface area contributed by atoms with Gasteiger partial charge in [-0.3, -0.25) is 4.79 Å². The average Bonchev–Trinajstić information content (AvgIpc) is 3.74. The predicted octanol–water partition coefficient (Wildman–Crippen LogP) is 9.08. The summed E-state index contributed by atoms with van der Waals surface area (Å²) in [6.07, 6.45) is 15.6. The van der Waals surface area contributed by atoms with Crippen LogP contribution < -0.4 is 13.7 Å². The molecule has 3 aliphatic carbocycles. The maximum atomic E-state index is 15.5. The lowest BCUT2D eigenvalue weighted by molar-refractivity contribution is -0.206. The monoisotopic (exact) mass is 861 g/mol. The van der Waals surface area contributed by atoms with Gasteiger partial charge in [0.05, 0.1) is 41.5 Å². The number of ether oxygens (including phenoxy) is 4. The highest BCUT2D eigenvalue weighted by Crippen LogP contribution is 2.73. The van der Waals surface area contributed by atoms with Crippen LogP contribution in [0.5, 0.6) is 17.2 Å². The molecule has 0 N–H and O–H groups in total. The highest BCUT2D eigenvalue weighted by molar-refractivity contribution is 7.87. The number of allylic oxidation sites excluding steroid dienone is 4. The van der Waals surface area contributed by atoms with Gasteiger partial charge >= 0.3 is 16.1 Å². The van der Waals surface area contributed by atoms with E-state index in [0.717, 1.165) is 17.6 Å². The van der Waals surface area contributed by atoms with Gasteiger partial charge in [-0.25, -0.2) is 14.8 Å². The number of benzene rings is 2. The van der Waals surface area contributed by atoms with Crippen LogP contribution in [-0.4, -0.2) is 64.9 Å².